The van der Waals surface area contributed by atoms with E-state index in [9.17, 15) is 0 Å². The average Bonchev–Trinajstić information content (AvgIpc) is 2.28. The second-order valence-corrected chi connectivity index (χ2v) is 6.00. The zero-order chi connectivity index (χ0) is 13.7. The molecule has 2 atom stereocenters. The summed E-state index contributed by atoms with van der Waals surface area (Å²) in [6.07, 6.45) is 0. The third-order valence-corrected chi connectivity index (χ3v) is 3.40. The van der Waals surface area contributed by atoms with E-state index in [0.717, 1.165) is 6.54 Å². The molecule has 0 radical (unpaired) electrons. The smallest absolute Gasteiger partial charge is 0.0455 e. The molecule has 0 saturated carbocycles. The van der Waals surface area contributed by atoms with Crippen LogP contribution in [0.2, 0.25) is 0 Å². The van der Waals surface area contributed by atoms with E-state index in [-0.39, 0.29) is 6.04 Å². The Morgan fingerprint density at radius 3 is 2.06 bits per heavy atom. The summed E-state index contributed by atoms with van der Waals surface area (Å²) in [6.45, 7) is 10.1. The molecule has 0 bridgehead atoms. The first-order valence-corrected chi connectivity index (χ1v) is 6.94. The third kappa shape index (κ3) is 4.11. The van der Waals surface area contributed by atoms with Crippen LogP contribution in [0.4, 0.5) is 0 Å². The zero-order valence-electron chi connectivity index (χ0n) is 12.4. The molecule has 0 aromatic heterocycles. The summed E-state index contributed by atoms with van der Waals surface area (Å²) in [7, 11) is 2.19. The fourth-order valence-electron chi connectivity index (χ4n) is 2.77. The van der Waals surface area contributed by atoms with Gasteiger partial charge in [-0.2, -0.15) is 0 Å². The number of nitrogens with zero attached hydrogens (tertiary/aromatic N) is 1. The van der Waals surface area contributed by atoms with Crippen LogP contribution in [0, 0.1) is 11.8 Å². The lowest BCUT2D eigenvalue weighted by atomic mass is 9.90. The molecule has 0 spiro atoms. The lowest BCUT2D eigenvalue weighted by Gasteiger charge is -2.36. The molecule has 0 saturated heterocycles. The van der Waals surface area contributed by atoms with E-state index < -0.39 is 0 Å². The molecule has 18 heavy (non-hydrogen) atoms. The molecule has 1 rings (SSSR count). The van der Waals surface area contributed by atoms with E-state index in [0.29, 0.717) is 17.9 Å². The van der Waals surface area contributed by atoms with Crippen molar-refractivity contribution in [3.63, 3.8) is 0 Å². The van der Waals surface area contributed by atoms with Crippen molar-refractivity contribution in [3.8, 4) is 0 Å². The quantitative estimate of drug-likeness (QED) is 0.837. The van der Waals surface area contributed by atoms with Crippen molar-refractivity contribution in [2.24, 2.45) is 17.6 Å². The highest BCUT2D eigenvalue weighted by Crippen LogP contribution is 2.24. The lowest BCUT2D eigenvalue weighted by Crippen LogP contribution is -2.45. The second-order valence-electron chi connectivity index (χ2n) is 6.00. The fraction of sp³-hybridized carbons (Fsp3) is 0.625. The molecule has 2 heteroatoms. The molecule has 0 aliphatic rings. The van der Waals surface area contributed by atoms with E-state index in [1.165, 1.54) is 5.56 Å². The summed E-state index contributed by atoms with van der Waals surface area (Å²) >= 11 is 0. The number of likely N-dealkylation sites (N-methyl/N-ethyl adjacent to an activating group) is 1. The van der Waals surface area contributed by atoms with Gasteiger partial charge in [0.2, 0.25) is 0 Å². The van der Waals surface area contributed by atoms with Gasteiger partial charge in [0.1, 0.15) is 0 Å². The topological polar surface area (TPSA) is 29.3 Å². The Hall–Kier alpha value is -0.860. The number of hydrogen-bond acceptors (Lipinski definition) is 2. The molecule has 0 heterocycles. The van der Waals surface area contributed by atoms with Gasteiger partial charge in [0.05, 0.1) is 0 Å². The van der Waals surface area contributed by atoms with Crippen molar-refractivity contribution in [1.82, 2.24) is 4.90 Å². The Kier molecular flexibility index (Phi) is 5.83. The monoisotopic (exact) mass is 248 g/mol. The molecule has 1 aromatic rings. The number of hydrogen-bond donors (Lipinski definition) is 1. The first-order chi connectivity index (χ1) is 8.43. The summed E-state index contributed by atoms with van der Waals surface area (Å²) in [4.78, 5) is 2.41. The van der Waals surface area contributed by atoms with Crippen LogP contribution in [0.1, 0.15) is 39.3 Å². The van der Waals surface area contributed by atoms with Crippen molar-refractivity contribution in [3.05, 3.63) is 35.9 Å². The molecule has 2 N–H and O–H groups in total. The van der Waals surface area contributed by atoms with Crippen molar-refractivity contribution in [2.75, 3.05) is 13.6 Å². The largest absolute Gasteiger partial charge is 0.323 e. The fourth-order valence-corrected chi connectivity index (χ4v) is 2.77. The summed E-state index contributed by atoms with van der Waals surface area (Å²) < 4.78 is 0. The number of rotatable bonds is 6. The Labute approximate surface area is 112 Å². The molecule has 0 amide bonds. The minimum atomic E-state index is 0.0787. The van der Waals surface area contributed by atoms with Crippen molar-refractivity contribution < 1.29 is 0 Å². The normalized spacial score (nSPS) is 15.4. The highest BCUT2D eigenvalue weighted by molar-refractivity contribution is 5.20. The van der Waals surface area contributed by atoms with Gasteiger partial charge in [-0.05, 0) is 24.4 Å². The first-order valence-electron chi connectivity index (χ1n) is 6.94. The zero-order valence-corrected chi connectivity index (χ0v) is 12.4. The highest BCUT2D eigenvalue weighted by atomic mass is 15.1. The van der Waals surface area contributed by atoms with Gasteiger partial charge in [0.25, 0.3) is 0 Å². The third-order valence-electron chi connectivity index (χ3n) is 3.40. The summed E-state index contributed by atoms with van der Waals surface area (Å²) in [5.74, 6) is 1.21. The van der Waals surface area contributed by atoms with Crippen LogP contribution in [0.25, 0.3) is 0 Å². The Morgan fingerprint density at radius 1 is 1.06 bits per heavy atom. The number of benzene rings is 1. The van der Waals surface area contributed by atoms with E-state index in [1.54, 1.807) is 0 Å². The maximum absolute atomic E-state index is 6.48. The van der Waals surface area contributed by atoms with E-state index in [4.69, 9.17) is 5.73 Å². The van der Waals surface area contributed by atoms with Crippen LogP contribution in [-0.4, -0.2) is 24.5 Å². The molecule has 2 unspecified atom stereocenters. The minimum Gasteiger partial charge on any atom is -0.323 e. The molecule has 1 aromatic carbocycles. The van der Waals surface area contributed by atoms with Crippen LogP contribution in [0.5, 0.6) is 0 Å². The Morgan fingerprint density at radius 2 is 1.61 bits per heavy atom. The van der Waals surface area contributed by atoms with Crippen LogP contribution in [-0.2, 0) is 0 Å². The molecule has 0 aliphatic carbocycles. The van der Waals surface area contributed by atoms with Gasteiger partial charge in [0, 0.05) is 18.6 Å². The van der Waals surface area contributed by atoms with Gasteiger partial charge in [-0.3, -0.25) is 0 Å². The SMILES string of the molecule is CC(C)CN(C)C(C(C)C)C(N)c1ccccc1. The van der Waals surface area contributed by atoms with Crippen LogP contribution in [0.15, 0.2) is 30.3 Å². The van der Waals surface area contributed by atoms with Crippen LogP contribution in [0.3, 0.4) is 0 Å². The van der Waals surface area contributed by atoms with Crippen molar-refractivity contribution in [2.45, 2.75) is 39.8 Å². The van der Waals surface area contributed by atoms with Crippen LogP contribution >= 0.6 is 0 Å². The molecule has 0 aliphatic heterocycles. The van der Waals surface area contributed by atoms with Crippen LogP contribution < -0.4 is 5.73 Å². The van der Waals surface area contributed by atoms with E-state index in [2.05, 4.69) is 63.9 Å². The molecule has 2 nitrogen and oxygen atoms in total. The summed E-state index contributed by atoms with van der Waals surface area (Å²) in [6, 6.07) is 10.9. The first kappa shape index (κ1) is 15.2. The van der Waals surface area contributed by atoms with Crippen molar-refractivity contribution in [1.29, 1.82) is 0 Å². The molecule has 0 fully saturated rings. The number of nitrogens with two attached hydrogens (primary N) is 1. The Balaban J connectivity index is 2.85. The second kappa shape index (κ2) is 6.91. The molecule has 102 valence electrons. The maximum Gasteiger partial charge on any atom is 0.0455 e. The van der Waals surface area contributed by atoms with E-state index >= 15 is 0 Å². The minimum absolute atomic E-state index is 0.0787. The summed E-state index contributed by atoms with van der Waals surface area (Å²) in [5.41, 5.74) is 7.70. The standard InChI is InChI=1S/C16H28N2/c1-12(2)11-18(5)16(13(3)4)15(17)14-9-7-6-8-10-14/h6-10,12-13,15-16H,11,17H2,1-5H3. The van der Waals surface area contributed by atoms with E-state index in [1.807, 2.05) is 6.07 Å². The Bertz CT molecular complexity index is 332. The van der Waals surface area contributed by atoms with Crippen molar-refractivity contribution >= 4 is 0 Å². The predicted octanol–water partition coefficient (Wildman–Crippen LogP) is 3.30. The van der Waals surface area contributed by atoms with Gasteiger partial charge in [-0.1, -0.05) is 58.0 Å². The van der Waals surface area contributed by atoms with Gasteiger partial charge < -0.3 is 10.6 Å². The highest BCUT2D eigenvalue weighted by Gasteiger charge is 2.26. The lowest BCUT2D eigenvalue weighted by molar-refractivity contribution is 0.147. The average molecular weight is 248 g/mol. The molecular formula is C16H28N2. The predicted molar refractivity (Wildman–Crippen MR) is 79.5 cm³/mol. The van der Waals surface area contributed by atoms with Gasteiger partial charge >= 0.3 is 0 Å². The molecular weight excluding hydrogens is 220 g/mol. The van der Waals surface area contributed by atoms with Gasteiger partial charge in [-0.15, -0.1) is 0 Å². The van der Waals surface area contributed by atoms with Gasteiger partial charge in [-0.25, -0.2) is 0 Å². The maximum atomic E-state index is 6.48. The summed E-state index contributed by atoms with van der Waals surface area (Å²) in [5, 5.41) is 0. The van der Waals surface area contributed by atoms with Gasteiger partial charge in [0.15, 0.2) is 0 Å².